The van der Waals surface area contributed by atoms with Gasteiger partial charge in [-0.15, -0.1) is 11.8 Å². The molecule has 232 valence electrons. The van der Waals surface area contributed by atoms with E-state index >= 15 is 0 Å². The van der Waals surface area contributed by atoms with Crippen molar-refractivity contribution >= 4 is 34.9 Å². The standard InChI is InChI=1S/C34H46N4O3S2/c1-26(2)35-24-27(39)25-41-29-11-9-28(10-12-29)40-22-21-37-19-17-36(18-20-37)15-6-16-38-31-7-4-5-8-33(31)43-34-14-13-30(42-3)23-32(34)38/h4-5,7-14,23,26-27,35,39H,6,15-22,24-25H2,1-3H3. The number of nitrogens with zero attached hydrogens (tertiary/aromatic N) is 3. The molecule has 43 heavy (non-hydrogen) atoms. The van der Waals surface area contributed by atoms with E-state index in [2.05, 4.69) is 82.6 Å². The van der Waals surface area contributed by atoms with Gasteiger partial charge >= 0.3 is 0 Å². The van der Waals surface area contributed by atoms with Gasteiger partial charge < -0.3 is 29.7 Å². The lowest BCUT2D eigenvalue weighted by Gasteiger charge is -2.36. The number of aliphatic hydroxyl groups excluding tert-OH is 1. The topological polar surface area (TPSA) is 60.4 Å². The number of benzene rings is 3. The van der Waals surface area contributed by atoms with Crippen LogP contribution in [0.5, 0.6) is 11.5 Å². The highest BCUT2D eigenvalue weighted by molar-refractivity contribution is 8.00. The van der Waals surface area contributed by atoms with Crippen LogP contribution in [0, 0.1) is 0 Å². The van der Waals surface area contributed by atoms with Crippen LogP contribution in [0.1, 0.15) is 20.3 Å². The first-order chi connectivity index (χ1) is 21.0. The zero-order valence-corrected chi connectivity index (χ0v) is 27.3. The highest BCUT2D eigenvalue weighted by atomic mass is 32.2. The number of anilines is 2. The molecule has 3 aromatic rings. The number of rotatable bonds is 15. The Kier molecular flexibility index (Phi) is 12.0. The van der Waals surface area contributed by atoms with Crippen molar-refractivity contribution in [3.63, 3.8) is 0 Å². The molecule has 2 aliphatic heterocycles. The highest BCUT2D eigenvalue weighted by Crippen LogP contribution is 2.48. The fourth-order valence-electron chi connectivity index (χ4n) is 5.41. The summed E-state index contributed by atoms with van der Waals surface area (Å²) in [6, 6.07) is 23.7. The lowest BCUT2D eigenvalue weighted by Crippen LogP contribution is -2.47. The molecule has 1 atom stereocenters. The third-order valence-corrected chi connectivity index (χ3v) is 9.71. The first kappa shape index (κ1) is 32.0. The van der Waals surface area contributed by atoms with Crippen molar-refractivity contribution in [3.05, 3.63) is 66.7 Å². The van der Waals surface area contributed by atoms with Gasteiger partial charge in [-0.1, -0.05) is 37.7 Å². The third-order valence-electron chi connectivity index (χ3n) is 7.86. The van der Waals surface area contributed by atoms with Crippen LogP contribution < -0.4 is 19.7 Å². The van der Waals surface area contributed by atoms with Crippen LogP contribution in [0.4, 0.5) is 11.4 Å². The second-order valence-corrected chi connectivity index (χ2v) is 13.4. The fourth-order valence-corrected chi connectivity index (χ4v) is 6.92. The summed E-state index contributed by atoms with van der Waals surface area (Å²) < 4.78 is 11.7. The Balaban J connectivity index is 1.00. The van der Waals surface area contributed by atoms with E-state index < -0.39 is 6.10 Å². The number of para-hydroxylation sites is 1. The molecule has 0 saturated carbocycles. The Morgan fingerprint density at radius 1 is 0.837 bits per heavy atom. The average Bonchev–Trinajstić information content (AvgIpc) is 3.03. The fraction of sp³-hybridized carbons (Fsp3) is 0.471. The molecule has 5 rings (SSSR count). The van der Waals surface area contributed by atoms with E-state index in [9.17, 15) is 5.11 Å². The van der Waals surface area contributed by atoms with Gasteiger partial charge in [-0.3, -0.25) is 4.90 Å². The van der Waals surface area contributed by atoms with Crippen molar-refractivity contribution in [3.8, 4) is 11.5 Å². The maximum Gasteiger partial charge on any atom is 0.119 e. The minimum atomic E-state index is -0.531. The SMILES string of the molecule is CSc1ccc2c(c1)N(CCCN1CCN(CCOc3ccc(OCC(O)CNC(C)C)cc3)CC1)c1ccccc1S2. The number of thioether (sulfide) groups is 1. The largest absolute Gasteiger partial charge is 0.492 e. The monoisotopic (exact) mass is 622 g/mol. The van der Waals surface area contributed by atoms with Gasteiger partial charge in [-0.05, 0) is 73.8 Å². The molecule has 7 nitrogen and oxygen atoms in total. The predicted molar refractivity (Wildman–Crippen MR) is 180 cm³/mol. The van der Waals surface area contributed by atoms with Crippen molar-refractivity contribution in [1.82, 2.24) is 15.1 Å². The second-order valence-electron chi connectivity index (χ2n) is 11.4. The summed E-state index contributed by atoms with van der Waals surface area (Å²) in [4.78, 5) is 11.6. The average molecular weight is 623 g/mol. The lowest BCUT2D eigenvalue weighted by atomic mass is 10.2. The molecule has 2 N–H and O–H groups in total. The maximum absolute atomic E-state index is 10.0. The minimum Gasteiger partial charge on any atom is -0.492 e. The van der Waals surface area contributed by atoms with E-state index in [-0.39, 0.29) is 6.61 Å². The molecule has 1 unspecified atom stereocenters. The van der Waals surface area contributed by atoms with E-state index in [0.29, 0.717) is 19.2 Å². The van der Waals surface area contributed by atoms with Crippen LogP contribution in [0.15, 0.2) is 81.4 Å². The van der Waals surface area contributed by atoms with Gasteiger partial charge in [-0.25, -0.2) is 0 Å². The molecule has 3 aromatic carbocycles. The normalized spacial score (nSPS) is 16.2. The molecular weight excluding hydrogens is 577 g/mol. The van der Waals surface area contributed by atoms with E-state index in [0.717, 1.165) is 63.7 Å². The Morgan fingerprint density at radius 3 is 2.23 bits per heavy atom. The molecular formula is C34H46N4O3S2. The van der Waals surface area contributed by atoms with Crippen molar-refractivity contribution in [2.75, 3.05) is 76.7 Å². The molecule has 0 amide bonds. The Hall–Kier alpha value is -2.40. The van der Waals surface area contributed by atoms with Crippen molar-refractivity contribution in [2.45, 2.75) is 47.1 Å². The van der Waals surface area contributed by atoms with Crippen LogP contribution in [0.3, 0.4) is 0 Å². The predicted octanol–water partition coefficient (Wildman–Crippen LogP) is 5.84. The number of piperazine rings is 1. The third kappa shape index (κ3) is 9.30. The Labute approximate surface area is 265 Å². The molecule has 2 heterocycles. The summed E-state index contributed by atoms with van der Waals surface area (Å²) in [6.45, 7) is 13.0. The summed E-state index contributed by atoms with van der Waals surface area (Å²) in [5.74, 6) is 1.58. The first-order valence-electron chi connectivity index (χ1n) is 15.4. The van der Waals surface area contributed by atoms with E-state index in [1.54, 1.807) is 0 Å². The molecule has 0 aliphatic carbocycles. The number of nitrogens with one attached hydrogen (secondary N) is 1. The summed E-state index contributed by atoms with van der Waals surface area (Å²) >= 11 is 3.69. The maximum atomic E-state index is 10.0. The van der Waals surface area contributed by atoms with Gasteiger partial charge in [0.05, 0.1) is 11.4 Å². The van der Waals surface area contributed by atoms with Crippen molar-refractivity contribution in [2.24, 2.45) is 0 Å². The molecule has 0 bridgehead atoms. The minimum absolute atomic E-state index is 0.268. The smallest absolute Gasteiger partial charge is 0.119 e. The highest BCUT2D eigenvalue weighted by Gasteiger charge is 2.24. The summed E-state index contributed by atoms with van der Waals surface area (Å²) in [5, 5.41) is 13.2. The molecule has 0 aromatic heterocycles. The van der Waals surface area contributed by atoms with Gasteiger partial charge in [0.25, 0.3) is 0 Å². The molecule has 1 saturated heterocycles. The van der Waals surface area contributed by atoms with Crippen LogP contribution in [0.25, 0.3) is 0 Å². The van der Waals surface area contributed by atoms with Gasteiger partial charge in [0.2, 0.25) is 0 Å². The number of hydrogen-bond donors (Lipinski definition) is 2. The van der Waals surface area contributed by atoms with E-state index in [4.69, 9.17) is 9.47 Å². The zero-order valence-electron chi connectivity index (χ0n) is 25.7. The van der Waals surface area contributed by atoms with Crippen LogP contribution in [-0.2, 0) is 0 Å². The summed E-state index contributed by atoms with van der Waals surface area (Å²) in [7, 11) is 0. The number of hydrogen-bond acceptors (Lipinski definition) is 9. The Bertz CT molecular complexity index is 1280. The number of ether oxygens (including phenoxy) is 2. The summed E-state index contributed by atoms with van der Waals surface area (Å²) in [5.41, 5.74) is 2.68. The van der Waals surface area contributed by atoms with Crippen molar-refractivity contribution < 1.29 is 14.6 Å². The zero-order chi connectivity index (χ0) is 30.0. The van der Waals surface area contributed by atoms with Gasteiger partial charge in [0.1, 0.15) is 30.8 Å². The first-order valence-corrected chi connectivity index (χ1v) is 17.5. The van der Waals surface area contributed by atoms with Crippen LogP contribution in [-0.4, -0.2) is 98.9 Å². The lowest BCUT2D eigenvalue weighted by molar-refractivity contribution is 0.104. The number of aliphatic hydroxyl groups is 1. The number of fused-ring (bicyclic) bond motifs is 2. The van der Waals surface area contributed by atoms with Gasteiger partial charge in [-0.2, -0.15) is 0 Å². The van der Waals surface area contributed by atoms with Gasteiger partial charge in [0, 0.05) is 66.5 Å². The molecule has 0 radical (unpaired) electrons. The molecule has 9 heteroatoms. The van der Waals surface area contributed by atoms with Gasteiger partial charge in [0.15, 0.2) is 0 Å². The quantitative estimate of drug-likeness (QED) is 0.204. The van der Waals surface area contributed by atoms with Crippen LogP contribution in [0.2, 0.25) is 0 Å². The van der Waals surface area contributed by atoms with E-state index in [1.807, 2.05) is 47.8 Å². The molecule has 1 fully saturated rings. The summed E-state index contributed by atoms with van der Waals surface area (Å²) in [6.07, 6.45) is 2.76. The molecule has 0 spiro atoms. The van der Waals surface area contributed by atoms with Crippen LogP contribution >= 0.6 is 23.5 Å². The Morgan fingerprint density at radius 2 is 1.51 bits per heavy atom. The van der Waals surface area contributed by atoms with E-state index in [1.165, 1.54) is 26.1 Å². The van der Waals surface area contributed by atoms with Crippen molar-refractivity contribution in [1.29, 1.82) is 0 Å². The second kappa shape index (κ2) is 16.1. The molecule has 2 aliphatic rings.